The second kappa shape index (κ2) is 8.08. The Bertz CT molecular complexity index is 1190. The van der Waals surface area contributed by atoms with Crippen molar-refractivity contribution < 1.29 is 27.4 Å². The minimum absolute atomic E-state index is 0.168. The van der Waals surface area contributed by atoms with Crippen LogP contribution in [0.4, 0.5) is 5.69 Å². The molecule has 1 aliphatic rings. The Kier molecular flexibility index (Phi) is 5.33. The van der Waals surface area contributed by atoms with E-state index >= 15 is 0 Å². The lowest BCUT2D eigenvalue weighted by atomic mass is 10.2. The molecule has 4 rings (SSSR count). The van der Waals surface area contributed by atoms with Crippen molar-refractivity contribution in [3.05, 3.63) is 77.9 Å². The Morgan fingerprint density at radius 3 is 2.53 bits per heavy atom. The van der Waals surface area contributed by atoms with Crippen LogP contribution in [0.25, 0.3) is 0 Å². The van der Waals surface area contributed by atoms with Crippen molar-refractivity contribution in [2.24, 2.45) is 0 Å². The van der Waals surface area contributed by atoms with Gasteiger partial charge in [0, 0.05) is 23.6 Å². The van der Waals surface area contributed by atoms with Gasteiger partial charge in [0.1, 0.15) is 12.4 Å². The van der Waals surface area contributed by atoms with E-state index in [1.54, 1.807) is 24.3 Å². The Hall–Kier alpha value is -3.52. The first-order chi connectivity index (χ1) is 14.4. The highest BCUT2D eigenvalue weighted by Gasteiger charge is 2.14. The maximum atomic E-state index is 12.5. The minimum atomic E-state index is -3.30. The second-order valence-corrected chi connectivity index (χ2v) is 8.77. The zero-order valence-electron chi connectivity index (χ0n) is 16.1. The maximum Gasteiger partial charge on any atom is 0.255 e. The van der Waals surface area contributed by atoms with Crippen LogP contribution >= 0.6 is 0 Å². The first-order valence-electron chi connectivity index (χ1n) is 9.11. The van der Waals surface area contributed by atoms with Crippen molar-refractivity contribution in [3.8, 4) is 17.2 Å². The van der Waals surface area contributed by atoms with E-state index < -0.39 is 9.84 Å². The van der Waals surface area contributed by atoms with Gasteiger partial charge >= 0.3 is 0 Å². The summed E-state index contributed by atoms with van der Waals surface area (Å²) in [7, 11) is -3.30. The minimum Gasteiger partial charge on any atom is -0.489 e. The molecule has 8 heteroatoms. The third-order valence-corrected chi connectivity index (χ3v) is 5.61. The Morgan fingerprint density at radius 2 is 1.77 bits per heavy atom. The zero-order chi connectivity index (χ0) is 21.1. The molecule has 154 valence electrons. The van der Waals surface area contributed by atoms with Crippen molar-refractivity contribution in [1.82, 2.24) is 0 Å². The number of fused-ring (bicyclic) bond motifs is 1. The SMILES string of the molecule is CS(=O)(=O)c1ccc(C(=O)Nc2cccc(COc3ccc4c(c3)OCO4)c2)cc1. The molecule has 3 aromatic carbocycles. The van der Waals surface area contributed by atoms with Crippen LogP contribution in [0.15, 0.2) is 71.6 Å². The number of amides is 1. The molecule has 30 heavy (non-hydrogen) atoms. The van der Waals surface area contributed by atoms with E-state index in [1.807, 2.05) is 18.2 Å². The van der Waals surface area contributed by atoms with Crippen LogP contribution in [0.1, 0.15) is 15.9 Å². The molecule has 1 N–H and O–H groups in total. The van der Waals surface area contributed by atoms with Gasteiger partial charge in [-0.2, -0.15) is 0 Å². The normalized spacial score (nSPS) is 12.4. The third-order valence-electron chi connectivity index (χ3n) is 4.48. The summed E-state index contributed by atoms with van der Waals surface area (Å²) in [5, 5.41) is 2.81. The van der Waals surface area contributed by atoms with Crippen LogP contribution in [0.3, 0.4) is 0 Å². The smallest absolute Gasteiger partial charge is 0.255 e. The molecule has 0 atom stereocenters. The van der Waals surface area contributed by atoms with Gasteiger partial charge in [-0.1, -0.05) is 12.1 Å². The van der Waals surface area contributed by atoms with Gasteiger partial charge in [-0.05, 0) is 54.1 Å². The van der Waals surface area contributed by atoms with Gasteiger partial charge in [-0.25, -0.2) is 8.42 Å². The molecule has 0 fully saturated rings. The van der Waals surface area contributed by atoms with E-state index in [9.17, 15) is 13.2 Å². The van der Waals surface area contributed by atoms with Crippen LogP contribution in [0.2, 0.25) is 0 Å². The van der Waals surface area contributed by atoms with Gasteiger partial charge in [-0.3, -0.25) is 4.79 Å². The molecule has 0 aliphatic carbocycles. The monoisotopic (exact) mass is 425 g/mol. The lowest BCUT2D eigenvalue weighted by molar-refractivity contribution is 0.102. The topological polar surface area (TPSA) is 90.9 Å². The van der Waals surface area contributed by atoms with Crippen LogP contribution < -0.4 is 19.5 Å². The van der Waals surface area contributed by atoms with Gasteiger partial charge in [0.25, 0.3) is 5.91 Å². The molecule has 0 saturated carbocycles. The molecule has 7 nitrogen and oxygen atoms in total. The van der Waals surface area contributed by atoms with Gasteiger partial charge in [0.15, 0.2) is 21.3 Å². The van der Waals surface area contributed by atoms with E-state index in [2.05, 4.69) is 5.32 Å². The van der Waals surface area contributed by atoms with E-state index in [-0.39, 0.29) is 17.6 Å². The highest BCUT2D eigenvalue weighted by atomic mass is 32.2. The average Bonchev–Trinajstić information content (AvgIpc) is 3.20. The summed E-state index contributed by atoms with van der Waals surface area (Å²) in [6.07, 6.45) is 1.12. The standard InChI is InChI=1S/C22H19NO6S/c1-30(25,26)19-8-5-16(6-9-19)22(24)23-17-4-2-3-15(11-17)13-27-18-7-10-20-21(12-18)29-14-28-20/h2-12H,13-14H2,1H3,(H,23,24). The first-order valence-corrected chi connectivity index (χ1v) is 11.0. The van der Waals surface area contributed by atoms with Crippen LogP contribution in [-0.4, -0.2) is 27.4 Å². The summed E-state index contributed by atoms with van der Waals surface area (Å²) < 4.78 is 39.5. The molecule has 1 aliphatic heterocycles. The number of hydrogen-bond acceptors (Lipinski definition) is 6. The zero-order valence-corrected chi connectivity index (χ0v) is 16.9. The van der Waals surface area contributed by atoms with E-state index in [1.165, 1.54) is 24.3 Å². The summed E-state index contributed by atoms with van der Waals surface area (Å²) in [6, 6.07) is 18.5. The van der Waals surface area contributed by atoms with Crippen LogP contribution in [0.5, 0.6) is 17.2 Å². The highest BCUT2D eigenvalue weighted by molar-refractivity contribution is 7.90. The Morgan fingerprint density at radius 1 is 1.00 bits per heavy atom. The number of nitrogens with one attached hydrogen (secondary N) is 1. The van der Waals surface area contributed by atoms with E-state index in [0.29, 0.717) is 35.1 Å². The van der Waals surface area contributed by atoms with Gasteiger partial charge in [0.05, 0.1) is 4.90 Å². The maximum absolute atomic E-state index is 12.5. The van der Waals surface area contributed by atoms with Crippen molar-refractivity contribution in [1.29, 1.82) is 0 Å². The predicted molar refractivity (Wildman–Crippen MR) is 111 cm³/mol. The van der Waals surface area contributed by atoms with Gasteiger partial charge in [-0.15, -0.1) is 0 Å². The summed E-state index contributed by atoms with van der Waals surface area (Å²) in [5.41, 5.74) is 1.85. The second-order valence-electron chi connectivity index (χ2n) is 6.75. The lowest BCUT2D eigenvalue weighted by Crippen LogP contribution is -2.12. The first kappa shape index (κ1) is 19.8. The van der Waals surface area contributed by atoms with Crippen molar-refractivity contribution in [2.75, 3.05) is 18.4 Å². The molecule has 0 bridgehead atoms. The summed E-state index contributed by atoms with van der Waals surface area (Å²) >= 11 is 0. The highest BCUT2D eigenvalue weighted by Crippen LogP contribution is 2.35. The molecule has 3 aromatic rings. The van der Waals surface area contributed by atoms with Gasteiger partial charge in [0.2, 0.25) is 6.79 Å². The quantitative estimate of drug-likeness (QED) is 0.648. The molecular weight excluding hydrogens is 406 g/mol. The molecule has 0 radical (unpaired) electrons. The number of anilines is 1. The summed E-state index contributed by atoms with van der Waals surface area (Å²) in [5.74, 6) is 1.66. The van der Waals surface area contributed by atoms with Crippen molar-refractivity contribution in [3.63, 3.8) is 0 Å². The number of benzene rings is 3. The molecule has 1 heterocycles. The Labute approximate surface area is 174 Å². The number of sulfone groups is 1. The van der Waals surface area contributed by atoms with Crippen LogP contribution in [-0.2, 0) is 16.4 Å². The molecule has 0 aromatic heterocycles. The van der Waals surface area contributed by atoms with E-state index in [0.717, 1.165) is 11.8 Å². The number of carbonyl (C=O) groups excluding carboxylic acids is 1. The average molecular weight is 425 g/mol. The van der Waals surface area contributed by atoms with Crippen molar-refractivity contribution >= 4 is 21.4 Å². The van der Waals surface area contributed by atoms with Gasteiger partial charge < -0.3 is 19.5 Å². The largest absolute Gasteiger partial charge is 0.489 e. The summed E-state index contributed by atoms with van der Waals surface area (Å²) in [4.78, 5) is 12.6. The molecule has 0 saturated heterocycles. The molecule has 0 spiro atoms. The van der Waals surface area contributed by atoms with E-state index in [4.69, 9.17) is 14.2 Å². The molecular formula is C22H19NO6S. The molecule has 0 unspecified atom stereocenters. The van der Waals surface area contributed by atoms with Crippen molar-refractivity contribution in [2.45, 2.75) is 11.5 Å². The lowest BCUT2D eigenvalue weighted by Gasteiger charge is -2.10. The number of ether oxygens (including phenoxy) is 3. The molecule has 1 amide bonds. The fourth-order valence-corrected chi connectivity index (χ4v) is 3.56. The number of carbonyl (C=O) groups is 1. The number of rotatable bonds is 6. The third kappa shape index (κ3) is 4.55. The summed E-state index contributed by atoms with van der Waals surface area (Å²) in [6.45, 7) is 0.518. The fourth-order valence-electron chi connectivity index (χ4n) is 2.93. The number of hydrogen-bond donors (Lipinski definition) is 1. The predicted octanol–water partition coefficient (Wildman–Crippen LogP) is 3.65. The fraction of sp³-hybridized carbons (Fsp3) is 0.136. The Balaban J connectivity index is 1.40. The van der Waals surface area contributed by atoms with Crippen LogP contribution in [0, 0.1) is 0 Å².